The molecule has 0 saturated heterocycles. The van der Waals surface area contributed by atoms with Crippen LogP contribution in [-0.4, -0.2) is 27.2 Å². The van der Waals surface area contributed by atoms with Crippen LogP contribution in [0.1, 0.15) is 12.5 Å². The predicted octanol–water partition coefficient (Wildman–Crippen LogP) is 1.32. The van der Waals surface area contributed by atoms with Gasteiger partial charge in [0.1, 0.15) is 5.75 Å². The minimum atomic E-state index is -4.32. The molecule has 0 bridgehead atoms. The van der Waals surface area contributed by atoms with Crippen LogP contribution in [0.15, 0.2) is 24.3 Å². The Morgan fingerprint density at radius 3 is 2.06 bits per heavy atom. The molecule has 0 aliphatic heterocycles. The third-order valence-corrected chi connectivity index (χ3v) is 2.31. The van der Waals surface area contributed by atoms with Gasteiger partial charge in [-0.2, -0.15) is 8.78 Å². The number of phenols is 1. The summed E-state index contributed by atoms with van der Waals surface area (Å²) in [4.78, 5) is 10.3. The van der Waals surface area contributed by atoms with E-state index in [-0.39, 0.29) is 11.3 Å². The van der Waals surface area contributed by atoms with Crippen molar-refractivity contribution in [2.24, 2.45) is 0 Å². The second-order valence-electron chi connectivity index (χ2n) is 3.50. The highest BCUT2D eigenvalue weighted by atomic mass is 19.3. The number of phenolic OH excluding ortho intramolecular Hbond substituents is 1. The Morgan fingerprint density at radius 2 is 1.69 bits per heavy atom. The van der Waals surface area contributed by atoms with Gasteiger partial charge < -0.3 is 15.3 Å². The van der Waals surface area contributed by atoms with Crippen molar-refractivity contribution in [3.63, 3.8) is 0 Å². The number of aromatic hydroxyl groups is 1. The van der Waals surface area contributed by atoms with Gasteiger partial charge >= 0.3 is 11.9 Å². The second-order valence-corrected chi connectivity index (χ2v) is 3.50. The maximum absolute atomic E-state index is 13.2. The van der Waals surface area contributed by atoms with Crippen molar-refractivity contribution in [2.75, 3.05) is 0 Å². The Hall–Kier alpha value is -1.69. The normalized spacial score (nSPS) is 15.5. The molecule has 3 N–H and O–H groups in total. The highest BCUT2D eigenvalue weighted by molar-refractivity contribution is 5.77. The van der Waals surface area contributed by atoms with E-state index in [0.29, 0.717) is 6.92 Å². The van der Waals surface area contributed by atoms with Gasteiger partial charge in [0, 0.05) is 0 Å². The molecule has 0 heterocycles. The molecule has 88 valence electrons. The average Bonchev–Trinajstić information content (AvgIpc) is 2.17. The maximum atomic E-state index is 13.2. The van der Waals surface area contributed by atoms with Crippen molar-refractivity contribution in [1.29, 1.82) is 0 Å². The lowest BCUT2D eigenvalue weighted by molar-refractivity contribution is -0.207. The molecule has 0 aromatic heterocycles. The van der Waals surface area contributed by atoms with E-state index in [0.717, 1.165) is 24.3 Å². The van der Waals surface area contributed by atoms with Crippen molar-refractivity contribution < 1.29 is 28.9 Å². The smallest absolute Gasteiger partial charge is 0.378 e. The van der Waals surface area contributed by atoms with E-state index in [1.54, 1.807) is 0 Å². The summed E-state index contributed by atoms with van der Waals surface area (Å²) in [6.45, 7) is 0.702. The van der Waals surface area contributed by atoms with E-state index in [1.165, 1.54) is 0 Å². The summed E-state index contributed by atoms with van der Waals surface area (Å²) in [6.07, 6.45) is 0. The average molecular weight is 232 g/mol. The van der Waals surface area contributed by atoms with E-state index >= 15 is 0 Å². The van der Waals surface area contributed by atoms with Crippen molar-refractivity contribution in [2.45, 2.75) is 18.4 Å². The summed E-state index contributed by atoms with van der Waals surface area (Å²) in [6, 6.07) is 4.24. The zero-order valence-corrected chi connectivity index (χ0v) is 8.32. The number of alkyl halides is 2. The van der Waals surface area contributed by atoms with E-state index in [4.69, 9.17) is 10.2 Å². The van der Waals surface area contributed by atoms with E-state index < -0.39 is 17.5 Å². The molecular formula is C10H10F2O4. The van der Waals surface area contributed by atoms with Crippen LogP contribution in [0.25, 0.3) is 0 Å². The topological polar surface area (TPSA) is 77.8 Å². The van der Waals surface area contributed by atoms with Gasteiger partial charge in [-0.25, -0.2) is 4.79 Å². The predicted molar refractivity (Wildman–Crippen MR) is 50.3 cm³/mol. The van der Waals surface area contributed by atoms with Gasteiger partial charge in [0.25, 0.3) is 0 Å². The number of hydrogen-bond acceptors (Lipinski definition) is 3. The number of aliphatic hydroxyl groups is 1. The molecule has 6 heteroatoms. The minimum Gasteiger partial charge on any atom is -0.508 e. The molecular weight excluding hydrogens is 222 g/mol. The molecule has 0 amide bonds. The zero-order valence-electron chi connectivity index (χ0n) is 8.32. The van der Waals surface area contributed by atoms with Gasteiger partial charge in [-0.05, 0) is 24.6 Å². The molecule has 1 unspecified atom stereocenters. The minimum absolute atomic E-state index is 0.168. The molecule has 0 aliphatic carbocycles. The van der Waals surface area contributed by atoms with Crippen LogP contribution in [0, 0.1) is 0 Å². The van der Waals surface area contributed by atoms with Gasteiger partial charge in [0.2, 0.25) is 0 Å². The Labute approximate surface area is 89.8 Å². The summed E-state index contributed by atoms with van der Waals surface area (Å²) in [5, 5.41) is 26.8. The molecule has 1 atom stereocenters. The van der Waals surface area contributed by atoms with Gasteiger partial charge in [-0.15, -0.1) is 0 Å². The summed E-state index contributed by atoms with van der Waals surface area (Å²) in [5.41, 5.74) is -3.13. The number of hydrogen-bond donors (Lipinski definition) is 3. The molecule has 0 spiro atoms. The zero-order chi connectivity index (χ0) is 12.6. The first kappa shape index (κ1) is 12.4. The molecule has 0 saturated carbocycles. The first-order valence-electron chi connectivity index (χ1n) is 4.32. The number of carboxylic acid groups (broad SMARTS) is 1. The number of benzene rings is 1. The van der Waals surface area contributed by atoms with Crippen molar-refractivity contribution >= 4 is 5.97 Å². The summed E-state index contributed by atoms with van der Waals surface area (Å²) < 4.78 is 26.4. The Balaban J connectivity index is 3.20. The van der Waals surface area contributed by atoms with Crippen LogP contribution in [0.3, 0.4) is 0 Å². The van der Waals surface area contributed by atoms with Gasteiger partial charge in [0.15, 0.2) is 5.60 Å². The lowest BCUT2D eigenvalue weighted by atomic mass is 9.89. The van der Waals surface area contributed by atoms with Crippen LogP contribution in [-0.2, 0) is 10.4 Å². The fourth-order valence-corrected chi connectivity index (χ4v) is 1.18. The van der Waals surface area contributed by atoms with E-state index in [2.05, 4.69) is 0 Å². The maximum Gasteiger partial charge on any atom is 0.378 e. The highest BCUT2D eigenvalue weighted by Crippen LogP contribution is 2.37. The Kier molecular flexibility index (Phi) is 2.87. The Morgan fingerprint density at radius 1 is 1.25 bits per heavy atom. The fourth-order valence-electron chi connectivity index (χ4n) is 1.18. The largest absolute Gasteiger partial charge is 0.508 e. The van der Waals surface area contributed by atoms with Crippen LogP contribution in [0.2, 0.25) is 0 Å². The third kappa shape index (κ3) is 1.83. The summed E-state index contributed by atoms with van der Waals surface area (Å²) >= 11 is 0. The van der Waals surface area contributed by atoms with Gasteiger partial charge in [0.05, 0.1) is 0 Å². The van der Waals surface area contributed by atoms with Crippen molar-refractivity contribution in [1.82, 2.24) is 0 Å². The van der Waals surface area contributed by atoms with Crippen LogP contribution >= 0.6 is 0 Å². The van der Waals surface area contributed by atoms with Gasteiger partial charge in [-0.1, -0.05) is 12.1 Å². The lowest BCUT2D eigenvalue weighted by Crippen LogP contribution is -2.48. The van der Waals surface area contributed by atoms with E-state index in [1.807, 2.05) is 0 Å². The molecule has 1 aromatic carbocycles. The number of halogens is 2. The van der Waals surface area contributed by atoms with Crippen LogP contribution in [0.4, 0.5) is 8.78 Å². The first-order chi connectivity index (χ1) is 7.19. The van der Waals surface area contributed by atoms with Crippen LogP contribution in [0.5, 0.6) is 5.75 Å². The monoisotopic (exact) mass is 232 g/mol. The molecule has 0 radical (unpaired) electrons. The first-order valence-corrected chi connectivity index (χ1v) is 4.32. The van der Waals surface area contributed by atoms with Crippen molar-refractivity contribution in [3.8, 4) is 5.75 Å². The summed E-state index contributed by atoms with van der Waals surface area (Å²) in [7, 11) is 0. The fraction of sp³-hybridized carbons (Fsp3) is 0.300. The molecule has 1 rings (SSSR count). The van der Waals surface area contributed by atoms with E-state index in [9.17, 15) is 18.7 Å². The Bertz CT molecular complexity index is 398. The van der Waals surface area contributed by atoms with Crippen LogP contribution < -0.4 is 0 Å². The number of aliphatic carboxylic acids is 1. The van der Waals surface area contributed by atoms with Crippen molar-refractivity contribution in [3.05, 3.63) is 29.8 Å². The quantitative estimate of drug-likeness (QED) is 0.734. The molecule has 0 fully saturated rings. The number of rotatable bonds is 3. The molecule has 1 aromatic rings. The van der Waals surface area contributed by atoms with Gasteiger partial charge in [-0.3, -0.25) is 0 Å². The number of carbonyl (C=O) groups is 1. The second kappa shape index (κ2) is 3.71. The SMILES string of the molecule is CC(O)(c1ccc(O)cc1)C(F)(F)C(=O)O. The number of carboxylic acids is 1. The molecule has 16 heavy (non-hydrogen) atoms. The summed E-state index contributed by atoms with van der Waals surface area (Å²) in [5.74, 6) is -6.90. The molecule has 4 nitrogen and oxygen atoms in total. The molecule has 0 aliphatic rings. The standard InChI is InChI=1S/C10H10F2O4/c1-9(16,10(11,12)8(14)15)6-2-4-7(13)5-3-6/h2-5,13,16H,1H3,(H,14,15). The lowest BCUT2D eigenvalue weighted by Gasteiger charge is -2.29. The highest BCUT2D eigenvalue weighted by Gasteiger charge is 2.56. The third-order valence-electron chi connectivity index (χ3n) is 2.31.